The van der Waals surface area contributed by atoms with E-state index in [0.29, 0.717) is 0 Å². The second-order valence-corrected chi connectivity index (χ2v) is 3.31. The van der Waals surface area contributed by atoms with Gasteiger partial charge in [-0.05, 0) is 0 Å². The molecule has 10 N–H and O–H groups in total. The first kappa shape index (κ1) is 13.4. The first-order chi connectivity index (χ1) is 8.31. The van der Waals surface area contributed by atoms with Gasteiger partial charge in [-0.25, -0.2) is 9.97 Å². The fourth-order valence-electron chi connectivity index (χ4n) is 0.956. The van der Waals surface area contributed by atoms with Crippen LogP contribution in [0.1, 0.15) is 10.5 Å². The van der Waals surface area contributed by atoms with E-state index in [1.165, 1.54) is 0 Å². The number of primary amides is 1. The third-order valence-electron chi connectivity index (χ3n) is 1.52. The lowest BCUT2D eigenvalue weighted by molar-refractivity contribution is 0.0996. The lowest BCUT2D eigenvalue weighted by Crippen LogP contribution is -2.23. The number of nitrogens with zero attached hydrogens (tertiary/aromatic N) is 4. The molecule has 0 atom stereocenters. The van der Waals surface area contributed by atoms with Crippen molar-refractivity contribution in [1.82, 2.24) is 9.97 Å². The first-order valence-electron chi connectivity index (χ1n) is 4.38. The van der Waals surface area contributed by atoms with Crippen LogP contribution in [0.3, 0.4) is 0 Å². The molecule has 1 amide bonds. The van der Waals surface area contributed by atoms with Crippen LogP contribution in [0.25, 0.3) is 0 Å². The molecule has 0 saturated heterocycles. The second-order valence-electron chi connectivity index (χ2n) is 2.95. The molecule has 96 valence electrons. The lowest BCUT2D eigenvalue weighted by atomic mass is 10.4. The molecule has 0 unspecified atom stereocenters. The van der Waals surface area contributed by atoms with Gasteiger partial charge in [-0.15, -0.1) is 0 Å². The number of carbonyl (C=O) groups is 1. The summed E-state index contributed by atoms with van der Waals surface area (Å²) in [6, 6.07) is 0. The number of guanidine groups is 2. The topological polar surface area (TPSA) is 198 Å². The fraction of sp³-hybridized carbons (Fsp3) is 0. The predicted molar refractivity (Wildman–Crippen MR) is 66.5 cm³/mol. The van der Waals surface area contributed by atoms with Gasteiger partial charge in [0.25, 0.3) is 5.91 Å². The summed E-state index contributed by atoms with van der Waals surface area (Å²) >= 11 is 5.72. The van der Waals surface area contributed by atoms with Crippen LogP contribution in [0.2, 0.25) is 5.15 Å². The van der Waals surface area contributed by atoms with E-state index in [2.05, 4.69) is 20.0 Å². The molecular formula is C7H10ClN9O. The highest BCUT2D eigenvalue weighted by atomic mass is 35.5. The lowest BCUT2D eigenvalue weighted by Gasteiger charge is -2.04. The summed E-state index contributed by atoms with van der Waals surface area (Å²) in [6.45, 7) is 0. The summed E-state index contributed by atoms with van der Waals surface area (Å²) in [6.07, 6.45) is 0. The Balaban J connectivity index is 3.50. The van der Waals surface area contributed by atoms with Crippen LogP contribution >= 0.6 is 11.6 Å². The second kappa shape index (κ2) is 5.14. The Labute approximate surface area is 106 Å². The minimum atomic E-state index is -0.902. The number of aliphatic imine (C=N–C) groups is 2. The molecule has 0 spiro atoms. The van der Waals surface area contributed by atoms with Crippen LogP contribution < -0.4 is 28.7 Å². The number of nitrogens with two attached hydrogens (primary N) is 5. The summed E-state index contributed by atoms with van der Waals surface area (Å²) in [4.78, 5) is 25.7. The Bertz CT molecular complexity index is 544. The third kappa shape index (κ3) is 3.18. The van der Waals surface area contributed by atoms with Crippen molar-refractivity contribution in [1.29, 1.82) is 0 Å². The van der Waals surface area contributed by atoms with Gasteiger partial charge < -0.3 is 28.7 Å². The number of halogens is 1. The number of rotatable bonds is 3. The van der Waals surface area contributed by atoms with Gasteiger partial charge in [0.2, 0.25) is 0 Å². The molecule has 0 aliphatic carbocycles. The molecule has 1 heterocycles. The summed E-state index contributed by atoms with van der Waals surface area (Å²) < 4.78 is 0. The van der Waals surface area contributed by atoms with Crippen molar-refractivity contribution in [3.63, 3.8) is 0 Å². The largest absolute Gasteiger partial charge is 0.370 e. The van der Waals surface area contributed by atoms with E-state index >= 15 is 0 Å². The van der Waals surface area contributed by atoms with Gasteiger partial charge in [0.15, 0.2) is 34.4 Å². The fourth-order valence-corrected chi connectivity index (χ4v) is 1.13. The van der Waals surface area contributed by atoms with Gasteiger partial charge in [0, 0.05) is 0 Å². The maximum atomic E-state index is 11.1. The van der Waals surface area contributed by atoms with Crippen LogP contribution in [-0.2, 0) is 0 Å². The molecule has 10 nitrogen and oxygen atoms in total. The average Bonchev–Trinajstić information content (AvgIpc) is 2.20. The van der Waals surface area contributed by atoms with Crippen LogP contribution in [0.5, 0.6) is 0 Å². The zero-order chi connectivity index (χ0) is 13.9. The average molecular weight is 272 g/mol. The minimum absolute atomic E-state index is 0.137. The molecule has 0 radical (unpaired) electrons. The van der Waals surface area contributed by atoms with Gasteiger partial charge in [0.1, 0.15) is 0 Å². The zero-order valence-electron chi connectivity index (χ0n) is 8.96. The van der Waals surface area contributed by atoms with Gasteiger partial charge in [-0.3, -0.25) is 4.79 Å². The summed E-state index contributed by atoms with van der Waals surface area (Å²) in [5.41, 5.74) is 25.5. The maximum Gasteiger partial charge on any atom is 0.271 e. The molecule has 11 heteroatoms. The number of hydrogen-bond donors (Lipinski definition) is 5. The Hall–Kier alpha value is -2.62. The molecule has 0 fully saturated rings. The number of hydrogen-bond acceptors (Lipinski definition) is 5. The van der Waals surface area contributed by atoms with Gasteiger partial charge >= 0.3 is 0 Å². The third-order valence-corrected chi connectivity index (χ3v) is 1.78. The van der Waals surface area contributed by atoms with Crippen LogP contribution in [-0.4, -0.2) is 27.8 Å². The normalized spacial score (nSPS) is 9.61. The van der Waals surface area contributed by atoms with Crippen LogP contribution in [0.15, 0.2) is 9.98 Å². The van der Waals surface area contributed by atoms with Crippen molar-refractivity contribution in [3.05, 3.63) is 10.8 Å². The van der Waals surface area contributed by atoms with E-state index < -0.39 is 5.91 Å². The molecule has 0 aliphatic rings. The number of amides is 1. The number of aromatic nitrogens is 2. The summed E-state index contributed by atoms with van der Waals surface area (Å²) in [5.74, 6) is -1.91. The molecule has 18 heavy (non-hydrogen) atoms. The molecule has 0 bridgehead atoms. The zero-order valence-corrected chi connectivity index (χ0v) is 9.72. The Morgan fingerprint density at radius 3 is 1.89 bits per heavy atom. The maximum absolute atomic E-state index is 11.1. The van der Waals surface area contributed by atoms with Crippen molar-refractivity contribution in [2.45, 2.75) is 0 Å². The molecule has 1 rings (SSSR count). The Morgan fingerprint density at radius 2 is 1.44 bits per heavy atom. The molecule has 1 aromatic rings. The molecular weight excluding hydrogens is 262 g/mol. The minimum Gasteiger partial charge on any atom is -0.370 e. The smallest absolute Gasteiger partial charge is 0.271 e. The van der Waals surface area contributed by atoms with E-state index in [0.717, 1.165) is 0 Å². The predicted octanol–water partition coefficient (Wildman–Crippen LogP) is -1.96. The highest BCUT2D eigenvalue weighted by Gasteiger charge is 2.16. The van der Waals surface area contributed by atoms with Gasteiger partial charge in [0.05, 0.1) is 0 Å². The molecule has 0 aliphatic heterocycles. The number of carbonyl (C=O) groups excluding carboxylic acids is 1. The highest BCUT2D eigenvalue weighted by molar-refractivity contribution is 6.31. The van der Waals surface area contributed by atoms with Gasteiger partial charge in [-0.2, -0.15) is 9.98 Å². The van der Waals surface area contributed by atoms with E-state index in [1.54, 1.807) is 0 Å². The van der Waals surface area contributed by atoms with Crippen LogP contribution in [0, 0.1) is 0 Å². The molecule has 1 aromatic heterocycles. The monoisotopic (exact) mass is 271 g/mol. The van der Waals surface area contributed by atoms with E-state index in [4.69, 9.17) is 40.3 Å². The van der Waals surface area contributed by atoms with E-state index in [-0.39, 0.29) is 34.4 Å². The highest BCUT2D eigenvalue weighted by Crippen LogP contribution is 2.25. The Kier molecular flexibility index (Phi) is 3.84. The standard InChI is InChI=1S/C7H10ClN9O/c8-2-5(17-7(12)13)15-4(16-6(10)11)1(14-2)3(9)18/h(H2,9,18)(H8,10,11,12,13,15,16,17). The van der Waals surface area contributed by atoms with E-state index in [9.17, 15) is 4.79 Å². The van der Waals surface area contributed by atoms with Crippen molar-refractivity contribution >= 4 is 41.1 Å². The SMILES string of the molecule is NC(=O)c1nc(Cl)c(N=C(N)N)nc1N=C(N)N. The quantitative estimate of drug-likeness (QED) is 0.310. The van der Waals surface area contributed by atoms with Crippen molar-refractivity contribution in [2.75, 3.05) is 0 Å². The van der Waals surface area contributed by atoms with Crippen LogP contribution in [0.4, 0.5) is 11.6 Å². The first-order valence-corrected chi connectivity index (χ1v) is 4.75. The van der Waals surface area contributed by atoms with Gasteiger partial charge in [-0.1, -0.05) is 11.6 Å². The molecule has 0 aromatic carbocycles. The van der Waals surface area contributed by atoms with Crippen molar-refractivity contribution < 1.29 is 4.79 Å². The summed E-state index contributed by atoms with van der Waals surface area (Å²) in [7, 11) is 0. The van der Waals surface area contributed by atoms with Crippen molar-refractivity contribution in [3.8, 4) is 0 Å². The summed E-state index contributed by atoms with van der Waals surface area (Å²) in [5, 5.41) is -0.216. The molecule has 0 saturated carbocycles. The Morgan fingerprint density at radius 1 is 0.944 bits per heavy atom. The van der Waals surface area contributed by atoms with E-state index in [1.807, 2.05) is 0 Å². The van der Waals surface area contributed by atoms with Crippen molar-refractivity contribution in [2.24, 2.45) is 38.7 Å².